The number of aromatic carboxylic acids is 1. The van der Waals surface area contributed by atoms with Crippen LogP contribution < -0.4 is 9.46 Å². The van der Waals surface area contributed by atoms with Crippen LogP contribution in [0.25, 0.3) is 6.08 Å². The Morgan fingerprint density at radius 2 is 1.82 bits per heavy atom. The highest BCUT2D eigenvalue weighted by Crippen LogP contribution is 2.44. The molecule has 0 fully saturated rings. The fraction of sp³-hybridized carbons (Fsp3) is 0.160. The molecule has 1 atom stereocenters. The van der Waals surface area contributed by atoms with Gasteiger partial charge in [0.15, 0.2) is 0 Å². The minimum atomic E-state index is -3.58. The maximum atomic E-state index is 12.3. The van der Waals surface area contributed by atoms with Gasteiger partial charge in [-0.3, -0.25) is 0 Å². The Kier molecular flexibility index (Phi) is 7.17. The van der Waals surface area contributed by atoms with E-state index < -0.39 is 16.0 Å². The van der Waals surface area contributed by atoms with Crippen molar-refractivity contribution < 1.29 is 23.1 Å². The van der Waals surface area contributed by atoms with Gasteiger partial charge in [0, 0.05) is 23.3 Å². The fourth-order valence-corrected chi connectivity index (χ4v) is 5.76. The number of hydrogen-bond acceptors (Lipinski definition) is 5. The van der Waals surface area contributed by atoms with Crippen molar-refractivity contribution in [2.45, 2.75) is 11.9 Å². The van der Waals surface area contributed by atoms with Crippen LogP contribution in [0.2, 0.25) is 0 Å². The van der Waals surface area contributed by atoms with Gasteiger partial charge in [-0.15, -0.1) is 11.8 Å². The summed E-state index contributed by atoms with van der Waals surface area (Å²) >= 11 is 1.55. The Balaban J connectivity index is 1.49. The molecular weight excluding hydrogens is 458 g/mol. The molecule has 0 radical (unpaired) electrons. The summed E-state index contributed by atoms with van der Waals surface area (Å²) in [5.41, 5.74) is 3.83. The van der Waals surface area contributed by atoms with Crippen molar-refractivity contribution in [3.63, 3.8) is 0 Å². The SMILES string of the molecule is O=C(O)c1ccc2c(c1)C(SCCNS(=O)(=O)C=Cc1ccccc1)c1ccccc1CO2. The maximum absolute atomic E-state index is 12.3. The van der Waals surface area contributed by atoms with Gasteiger partial charge in [0.2, 0.25) is 10.0 Å². The molecule has 1 heterocycles. The molecule has 0 aromatic heterocycles. The Morgan fingerprint density at radius 1 is 1.06 bits per heavy atom. The van der Waals surface area contributed by atoms with Gasteiger partial charge in [-0.25, -0.2) is 17.9 Å². The van der Waals surface area contributed by atoms with E-state index in [1.54, 1.807) is 30.0 Å². The first kappa shape index (κ1) is 23.1. The third-order valence-electron chi connectivity index (χ3n) is 5.19. The molecule has 4 rings (SSSR count). The van der Waals surface area contributed by atoms with Crippen LogP contribution in [0.3, 0.4) is 0 Å². The van der Waals surface area contributed by atoms with Crippen molar-refractivity contribution in [3.8, 4) is 5.75 Å². The number of ether oxygens (including phenoxy) is 1. The van der Waals surface area contributed by atoms with E-state index in [1.165, 1.54) is 6.07 Å². The highest BCUT2D eigenvalue weighted by atomic mass is 32.2. The molecule has 0 aliphatic carbocycles. The molecule has 0 saturated heterocycles. The normalized spacial score (nSPS) is 15.3. The summed E-state index contributed by atoms with van der Waals surface area (Å²) in [6.07, 6.45) is 1.55. The zero-order valence-electron chi connectivity index (χ0n) is 17.7. The minimum Gasteiger partial charge on any atom is -0.489 e. The molecule has 3 aromatic rings. The molecule has 1 unspecified atom stereocenters. The lowest BCUT2D eigenvalue weighted by atomic mass is 9.98. The second kappa shape index (κ2) is 10.2. The molecule has 33 heavy (non-hydrogen) atoms. The molecule has 3 aromatic carbocycles. The summed E-state index contributed by atoms with van der Waals surface area (Å²) in [6, 6.07) is 22.0. The summed E-state index contributed by atoms with van der Waals surface area (Å²) in [5.74, 6) is 0.130. The van der Waals surface area contributed by atoms with Crippen molar-refractivity contribution in [1.82, 2.24) is 4.72 Å². The second-order valence-corrected chi connectivity index (χ2v) is 10.3. The Hall–Kier alpha value is -3.07. The van der Waals surface area contributed by atoms with E-state index in [4.69, 9.17) is 4.74 Å². The zero-order chi connectivity index (χ0) is 23.3. The quantitative estimate of drug-likeness (QED) is 0.454. The molecule has 6 nitrogen and oxygen atoms in total. The highest BCUT2D eigenvalue weighted by Gasteiger charge is 2.26. The standard InChI is InChI=1S/C25H23NO5S2/c27-25(28)19-10-11-23-22(16-19)24(21-9-5-4-8-20(21)17-31-23)32-14-13-26-33(29,30)15-12-18-6-2-1-3-7-18/h1-12,15-16,24,26H,13-14,17H2,(H,27,28). The van der Waals surface area contributed by atoms with Gasteiger partial charge in [-0.1, -0.05) is 54.6 Å². The van der Waals surface area contributed by atoms with Gasteiger partial charge in [0.05, 0.1) is 10.8 Å². The van der Waals surface area contributed by atoms with E-state index in [2.05, 4.69) is 4.72 Å². The van der Waals surface area contributed by atoms with E-state index in [-0.39, 0.29) is 17.4 Å². The fourth-order valence-electron chi connectivity index (χ4n) is 3.58. The van der Waals surface area contributed by atoms with Crippen LogP contribution in [0.15, 0.2) is 78.2 Å². The first-order valence-electron chi connectivity index (χ1n) is 10.4. The Bertz CT molecular complexity index is 1270. The van der Waals surface area contributed by atoms with Gasteiger partial charge in [-0.2, -0.15) is 0 Å². The lowest BCUT2D eigenvalue weighted by Crippen LogP contribution is -2.24. The summed E-state index contributed by atoms with van der Waals surface area (Å²) < 4.78 is 33.2. The van der Waals surface area contributed by atoms with Gasteiger partial charge in [0.25, 0.3) is 0 Å². The summed E-state index contributed by atoms with van der Waals surface area (Å²) in [6.45, 7) is 0.628. The van der Waals surface area contributed by atoms with Crippen LogP contribution in [0.4, 0.5) is 0 Å². The number of nitrogens with one attached hydrogen (secondary N) is 1. The molecule has 170 valence electrons. The van der Waals surface area contributed by atoms with Crippen LogP contribution in [0.1, 0.15) is 37.9 Å². The predicted molar refractivity (Wildman–Crippen MR) is 131 cm³/mol. The van der Waals surface area contributed by atoms with E-state index in [9.17, 15) is 18.3 Å². The molecule has 0 saturated carbocycles. The van der Waals surface area contributed by atoms with Crippen molar-refractivity contribution >= 4 is 33.8 Å². The average Bonchev–Trinajstić information content (AvgIpc) is 2.98. The monoisotopic (exact) mass is 481 g/mol. The number of carboxylic acids is 1. The van der Waals surface area contributed by atoms with Crippen molar-refractivity contribution in [2.24, 2.45) is 0 Å². The van der Waals surface area contributed by atoms with Gasteiger partial charge >= 0.3 is 5.97 Å². The Labute approximate surface area is 197 Å². The minimum absolute atomic E-state index is 0.178. The summed E-state index contributed by atoms with van der Waals surface area (Å²) in [4.78, 5) is 11.5. The van der Waals surface area contributed by atoms with E-state index in [1.807, 2.05) is 54.6 Å². The van der Waals surface area contributed by atoms with E-state index >= 15 is 0 Å². The largest absolute Gasteiger partial charge is 0.489 e. The first-order chi connectivity index (χ1) is 15.9. The van der Waals surface area contributed by atoms with Crippen LogP contribution in [0.5, 0.6) is 5.75 Å². The van der Waals surface area contributed by atoms with Crippen molar-refractivity contribution in [3.05, 3.63) is 106 Å². The molecule has 2 N–H and O–H groups in total. The smallest absolute Gasteiger partial charge is 0.335 e. The highest BCUT2D eigenvalue weighted by molar-refractivity contribution is 7.99. The number of fused-ring (bicyclic) bond motifs is 2. The second-order valence-electron chi connectivity index (χ2n) is 7.45. The van der Waals surface area contributed by atoms with Gasteiger partial charge in [-0.05, 0) is 41.0 Å². The molecule has 8 heteroatoms. The van der Waals surface area contributed by atoms with Crippen LogP contribution >= 0.6 is 11.8 Å². The average molecular weight is 482 g/mol. The number of carbonyl (C=O) groups is 1. The first-order valence-corrected chi connectivity index (χ1v) is 12.9. The van der Waals surface area contributed by atoms with Crippen LogP contribution in [-0.4, -0.2) is 31.8 Å². The number of rotatable bonds is 8. The topological polar surface area (TPSA) is 92.7 Å². The molecular formula is C25H23NO5S2. The third kappa shape index (κ3) is 5.84. The molecule has 0 spiro atoms. The van der Waals surface area contributed by atoms with Crippen LogP contribution in [0, 0.1) is 0 Å². The molecule has 0 amide bonds. The summed E-state index contributed by atoms with van der Waals surface area (Å²) in [5, 5.41) is 10.4. The predicted octanol–water partition coefficient (Wildman–Crippen LogP) is 4.69. The van der Waals surface area contributed by atoms with Crippen molar-refractivity contribution in [2.75, 3.05) is 12.3 Å². The maximum Gasteiger partial charge on any atom is 0.335 e. The number of sulfonamides is 1. The third-order valence-corrected chi connectivity index (χ3v) is 7.57. The lowest BCUT2D eigenvalue weighted by Gasteiger charge is -2.19. The molecule has 1 aliphatic rings. The van der Waals surface area contributed by atoms with E-state index in [0.717, 1.165) is 27.7 Å². The zero-order valence-corrected chi connectivity index (χ0v) is 19.3. The van der Waals surface area contributed by atoms with Gasteiger partial charge in [0.1, 0.15) is 12.4 Å². The van der Waals surface area contributed by atoms with E-state index in [0.29, 0.717) is 18.1 Å². The Morgan fingerprint density at radius 3 is 2.61 bits per heavy atom. The number of thioether (sulfide) groups is 1. The molecule has 0 bridgehead atoms. The number of carboxylic acid groups (broad SMARTS) is 1. The van der Waals surface area contributed by atoms with Gasteiger partial charge < -0.3 is 9.84 Å². The van der Waals surface area contributed by atoms with Crippen molar-refractivity contribution in [1.29, 1.82) is 0 Å². The number of hydrogen-bond donors (Lipinski definition) is 2. The number of benzene rings is 3. The molecule has 1 aliphatic heterocycles. The summed E-state index contributed by atoms with van der Waals surface area (Å²) in [7, 11) is -3.58. The lowest BCUT2D eigenvalue weighted by molar-refractivity contribution is 0.0696. The van der Waals surface area contributed by atoms with Crippen LogP contribution in [-0.2, 0) is 16.6 Å².